The standard InChI is InChI=1S/C9H14N2O2/c1-6(12)5-13-9-4-7(10)2-3-8(9)11/h2-4,6,12H,5,10-11H2,1H3. The molecule has 1 atom stereocenters. The summed E-state index contributed by atoms with van der Waals surface area (Å²) in [6, 6.07) is 5.01. The number of aliphatic hydroxyl groups is 1. The maximum absolute atomic E-state index is 8.98. The van der Waals surface area contributed by atoms with Gasteiger partial charge in [0.2, 0.25) is 0 Å². The highest BCUT2D eigenvalue weighted by atomic mass is 16.5. The molecule has 72 valence electrons. The second-order valence-corrected chi connectivity index (χ2v) is 2.96. The van der Waals surface area contributed by atoms with Crippen molar-refractivity contribution in [2.75, 3.05) is 18.1 Å². The number of nitrogen functional groups attached to an aromatic ring is 2. The van der Waals surface area contributed by atoms with Gasteiger partial charge in [-0.3, -0.25) is 0 Å². The molecule has 4 heteroatoms. The molecule has 4 nitrogen and oxygen atoms in total. The molecule has 0 saturated heterocycles. The Bertz CT molecular complexity index is 287. The highest BCUT2D eigenvalue weighted by Crippen LogP contribution is 2.23. The minimum atomic E-state index is -0.513. The summed E-state index contributed by atoms with van der Waals surface area (Å²) in [5.41, 5.74) is 12.3. The fraction of sp³-hybridized carbons (Fsp3) is 0.333. The van der Waals surface area contributed by atoms with Gasteiger partial charge in [0, 0.05) is 11.8 Å². The van der Waals surface area contributed by atoms with Crippen molar-refractivity contribution in [3.63, 3.8) is 0 Å². The average molecular weight is 182 g/mol. The quantitative estimate of drug-likeness (QED) is 0.598. The van der Waals surface area contributed by atoms with Crippen LogP contribution in [-0.2, 0) is 0 Å². The van der Waals surface area contributed by atoms with Crippen LogP contribution >= 0.6 is 0 Å². The highest BCUT2D eigenvalue weighted by Gasteiger charge is 2.02. The lowest BCUT2D eigenvalue weighted by molar-refractivity contribution is 0.123. The molecule has 0 aliphatic rings. The number of hydrogen-bond acceptors (Lipinski definition) is 4. The summed E-state index contributed by atoms with van der Waals surface area (Å²) in [5, 5.41) is 8.98. The zero-order chi connectivity index (χ0) is 9.84. The van der Waals surface area contributed by atoms with Crippen LogP contribution in [0.25, 0.3) is 0 Å². The maximum atomic E-state index is 8.98. The molecule has 0 radical (unpaired) electrons. The smallest absolute Gasteiger partial charge is 0.144 e. The first-order chi connectivity index (χ1) is 6.09. The minimum absolute atomic E-state index is 0.216. The van der Waals surface area contributed by atoms with E-state index in [1.807, 2.05) is 0 Å². The summed E-state index contributed by atoms with van der Waals surface area (Å²) in [7, 11) is 0. The van der Waals surface area contributed by atoms with Gasteiger partial charge in [0.25, 0.3) is 0 Å². The first-order valence-corrected chi connectivity index (χ1v) is 4.05. The molecule has 0 saturated carbocycles. The molecular weight excluding hydrogens is 168 g/mol. The Labute approximate surface area is 77.1 Å². The number of aliphatic hydroxyl groups excluding tert-OH is 1. The molecule has 0 aromatic heterocycles. The molecule has 1 aromatic rings. The van der Waals surface area contributed by atoms with Gasteiger partial charge >= 0.3 is 0 Å². The Balaban J connectivity index is 2.70. The highest BCUT2D eigenvalue weighted by molar-refractivity contribution is 5.59. The van der Waals surface area contributed by atoms with Crippen LogP contribution in [0.2, 0.25) is 0 Å². The van der Waals surface area contributed by atoms with Crippen molar-refractivity contribution in [3.8, 4) is 5.75 Å². The second kappa shape index (κ2) is 4.00. The zero-order valence-corrected chi connectivity index (χ0v) is 7.53. The van der Waals surface area contributed by atoms with Crippen molar-refractivity contribution in [1.29, 1.82) is 0 Å². The molecule has 0 aliphatic heterocycles. The van der Waals surface area contributed by atoms with Crippen molar-refractivity contribution in [1.82, 2.24) is 0 Å². The topological polar surface area (TPSA) is 81.5 Å². The fourth-order valence-corrected chi connectivity index (χ4v) is 0.886. The molecule has 0 spiro atoms. The van der Waals surface area contributed by atoms with Gasteiger partial charge in [-0.1, -0.05) is 0 Å². The normalized spacial score (nSPS) is 12.5. The summed E-state index contributed by atoms with van der Waals surface area (Å²) in [6.07, 6.45) is -0.513. The molecule has 1 aromatic carbocycles. The Morgan fingerprint density at radius 1 is 1.46 bits per heavy atom. The van der Waals surface area contributed by atoms with Crippen molar-refractivity contribution in [2.45, 2.75) is 13.0 Å². The van der Waals surface area contributed by atoms with Gasteiger partial charge in [0.1, 0.15) is 12.4 Å². The van der Waals surface area contributed by atoms with Gasteiger partial charge in [0.15, 0.2) is 0 Å². The van der Waals surface area contributed by atoms with Gasteiger partial charge in [-0.15, -0.1) is 0 Å². The zero-order valence-electron chi connectivity index (χ0n) is 7.53. The van der Waals surface area contributed by atoms with Crippen LogP contribution in [0.15, 0.2) is 18.2 Å². The molecule has 1 unspecified atom stereocenters. The van der Waals surface area contributed by atoms with Crippen LogP contribution in [0, 0.1) is 0 Å². The van der Waals surface area contributed by atoms with E-state index in [-0.39, 0.29) is 6.61 Å². The van der Waals surface area contributed by atoms with Crippen LogP contribution in [-0.4, -0.2) is 17.8 Å². The van der Waals surface area contributed by atoms with Crippen molar-refractivity contribution < 1.29 is 9.84 Å². The second-order valence-electron chi connectivity index (χ2n) is 2.96. The van der Waals surface area contributed by atoms with Crippen LogP contribution in [0.5, 0.6) is 5.75 Å². The summed E-state index contributed by atoms with van der Waals surface area (Å²) in [6.45, 7) is 1.86. The molecule has 0 fully saturated rings. The van der Waals surface area contributed by atoms with Crippen LogP contribution in [0.1, 0.15) is 6.92 Å². The van der Waals surface area contributed by atoms with Crippen LogP contribution < -0.4 is 16.2 Å². The lowest BCUT2D eigenvalue weighted by Gasteiger charge is -2.10. The molecule has 1 rings (SSSR count). The van der Waals surface area contributed by atoms with E-state index < -0.39 is 6.10 Å². The first kappa shape index (κ1) is 9.67. The van der Waals surface area contributed by atoms with Crippen LogP contribution in [0.4, 0.5) is 11.4 Å². The largest absolute Gasteiger partial charge is 0.489 e. The monoisotopic (exact) mass is 182 g/mol. The van der Waals surface area contributed by atoms with Gasteiger partial charge < -0.3 is 21.3 Å². The molecule has 0 heterocycles. The molecule has 13 heavy (non-hydrogen) atoms. The van der Waals surface area contributed by atoms with Gasteiger partial charge in [-0.2, -0.15) is 0 Å². The summed E-state index contributed by atoms with van der Waals surface area (Å²) in [5.74, 6) is 0.515. The van der Waals surface area contributed by atoms with E-state index in [4.69, 9.17) is 21.3 Å². The van der Waals surface area contributed by atoms with E-state index in [9.17, 15) is 0 Å². The third kappa shape index (κ3) is 2.83. The Kier molecular flexibility index (Phi) is 2.97. The number of anilines is 2. The van der Waals surface area contributed by atoms with Crippen molar-refractivity contribution in [2.24, 2.45) is 0 Å². The van der Waals surface area contributed by atoms with Crippen molar-refractivity contribution in [3.05, 3.63) is 18.2 Å². The maximum Gasteiger partial charge on any atom is 0.144 e. The minimum Gasteiger partial charge on any atom is -0.489 e. The first-order valence-electron chi connectivity index (χ1n) is 4.05. The van der Waals surface area contributed by atoms with E-state index in [0.29, 0.717) is 17.1 Å². The SMILES string of the molecule is CC(O)COc1cc(N)ccc1N. The summed E-state index contributed by atoms with van der Waals surface area (Å²) >= 11 is 0. The summed E-state index contributed by atoms with van der Waals surface area (Å²) in [4.78, 5) is 0. The number of hydrogen-bond donors (Lipinski definition) is 3. The third-order valence-corrected chi connectivity index (χ3v) is 1.52. The fourth-order valence-electron chi connectivity index (χ4n) is 0.886. The van der Waals surface area contributed by atoms with E-state index in [1.54, 1.807) is 25.1 Å². The van der Waals surface area contributed by atoms with Crippen LogP contribution in [0.3, 0.4) is 0 Å². The van der Waals surface area contributed by atoms with E-state index in [2.05, 4.69) is 0 Å². The van der Waals surface area contributed by atoms with Crippen molar-refractivity contribution >= 4 is 11.4 Å². The summed E-state index contributed by atoms with van der Waals surface area (Å²) < 4.78 is 5.22. The predicted molar refractivity (Wildman–Crippen MR) is 52.4 cm³/mol. The Morgan fingerprint density at radius 2 is 2.15 bits per heavy atom. The van der Waals surface area contributed by atoms with Gasteiger partial charge in [-0.25, -0.2) is 0 Å². The molecule has 0 amide bonds. The molecular formula is C9H14N2O2. The molecule has 0 aliphatic carbocycles. The number of nitrogens with two attached hydrogens (primary N) is 2. The molecule has 5 N–H and O–H groups in total. The van der Waals surface area contributed by atoms with Gasteiger partial charge in [0.05, 0.1) is 11.8 Å². The van der Waals surface area contributed by atoms with Gasteiger partial charge in [-0.05, 0) is 19.1 Å². The Hall–Kier alpha value is -1.42. The van der Waals surface area contributed by atoms with E-state index in [1.165, 1.54) is 0 Å². The molecule has 0 bridgehead atoms. The average Bonchev–Trinajstić information content (AvgIpc) is 2.06. The lowest BCUT2D eigenvalue weighted by Crippen LogP contribution is -2.13. The number of benzene rings is 1. The van der Waals surface area contributed by atoms with E-state index in [0.717, 1.165) is 0 Å². The lowest BCUT2D eigenvalue weighted by atomic mass is 10.2. The Morgan fingerprint density at radius 3 is 2.77 bits per heavy atom. The number of ether oxygens (including phenoxy) is 1. The third-order valence-electron chi connectivity index (χ3n) is 1.52. The van der Waals surface area contributed by atoms with E-state index >= 15 is 0 Å². The number of rotatable bonds is 3. The predicted octanol–water partition coefficient (Wildman–Crippen LogP) is 0.611.